The number of nitrogens with one attached hydrogen (secondary N) is 2. The van der Waals surface area contributed by atoms with Crippen molar-refractivity contribution < 1.29 is 13.2 Å². The Balaban J connectivity index is 1.86. The summed E-state index contributed by atoms with van der Waals surface area (Å²) in [6.07, 6.45) is 2.73. The number of amides is 1. The number of rotatable bonds is 5. The van der Waals surface area contributed by atoms with Crippen molar-refractivity contribution in [3.05, 3.63) is 66.5 Å². The predicted octanol–water partition coefficient (Wildman–Crippen LogP) is 2.94. The van der Waals surface area contributed by atoms with Crippen molar-refractivity contribution in [3.8, 4) is 5.69 Å². The van der Waals surface area contributed by atoms with Crippen LogP contribution in [0, 0.1) is 6.92 Å². The van der Waals surface area contributed by atoms with Gasteiger partial charge in [0.25, 0.3) is 10.0 Å². The van der Waals surface area contributed by atoms with Crippen molar-refractivity contribution in [1.82, 2.24) is 9.78 Å². The van der Waals surface area contributed by atoms with Gasteiger partial charge in [0.15, 0.2) is 0 Å². The summed E-state index contributed by atoms with van der Waals surface area (Å²) >= 11 is 0. The maximum atomic E-state index is 12.6. The van der Waals surface area contributed by atoms with Gasteiger partial charge >= 0.3 is 0 Å². The van der Waals surface area contributed by atoms with E-state index in [0.717, 1.165) is 11.3 Å². The van der Waals surface area contributed by atoms with E-state index in [9.17, 15) is 13.2 Å². The molecule has 0 aliphatic carbocycles. The Morgan fingerprint density at radius 1 is 1.12 bits per heavy atom. The van der Waals surface area contributed by atoms with Crippen molar-refractivity contribution in [2.24, 2.45) is 0 Å². The first-order valence-electron chi connectivity index (χ1n) is 7.86. The molecule has 26 heavy (non-hydrogen) atoms. The van der Waals surface area contributed by atoms with E-state index in [2.05, 4.69) is 15.1 Å². The van der Waals surface area contributed by atoms with Gasteiger partial charge in [0, 0.05) is 12.6 Å². The van der Waals surface area contributed by atoms with Crippen LogP contribution in [0.5, 0.6) is 0 Å². The number of sulfonamides is 1. The molecule has 0 unspecified atom stereocenters. The summed E-state index contributed by atoms with van der Waals surface area (Å²) in [6, 6.07) is 14.2. The molecule has 2 N–H and O–H groups in total. The molecule has 8 heteroatoms. The van der Waals surface area contributed by atoms with Gasteiger partial charge in [-0.2, -0.15) is 5.10 Å². The zero-order chi connectivity index (χ0) is 18.7. The lowest BCUT2D eigenvalue weighted by Crippen LogP contribution is -2.13. The number of benzene rings is 2. The lowest BCUT2D eigenvalue weighted by Gasteiger charge is -2.11. The molecule has 0 aliphatic rings. The summed E-state index contributed by atoms with van der Waals surface area (Å²) in [7, 11) is -3.80. The van der Waals surface area contributed by atoms with Crippen LogP contribution >= 0.6 is 0 Å². The Morgan fingerprint density at radius 3 is 2.54 bits per heavy atom. The largest absolute Gasteiger partial charge is 0.326 e. The number of aryl methyl sites for hydroxylation is 1. The second-order valence-corrected chi connectivity index (χ2v) is 7.45. The highest BCUT2D eigenvalue weighted by molar-refractivity contribution is 7.92. The van der Waals surface area contributed by atoms with Crippen molar-refractivity contribution in [2.75, 3.05) is 10.0 Å². The van der Waals surface area contributed by atoms with Crippen LogP contribution in [0.25, 0.3) is 5.69 Å². The van der Waals surface area contributed by atoms with Gasteiger partial charge < -0.3 is 5.32 Å². The van der Waals surface area contributed by atoms with Gasteiger partial charge in [-0.05, 0) is 36.8 Å². The third kappa shape index (κ3) is 3.92. The van der Waals surface area contributed by atoms with Crippen molar-refractivity contribution in [2.45, 2.75) is 18.7 Å². The fraction of sp³-hybridized carbons (Fsp3) is 0.111. The van der Waals surface area contributed by atoms with E-state index in [-0.39, 0.29) is 10.8 Å². The standard InChI is InChI=1S/C18H18N4O3S/c1-13-8-9-15(10-18(13)20-14(2)23)21-26(24,25)17-11-19-22(12-17)16-6-4-3-5-7-16/h3-12,21H,1-2H3,(H,20,23). The summed E-state index contributed by atoms with van der Waals surface area (Å²) in [6.45, 7) is 3.22. The lowest BCUT2D eigenvalue weighted by atomic mass is 10.2. The minimum Gasteiger partial charge on any atom is -0.326 e. The van der Waals surface area contributed by atoms with Gasteiger partial charge in [0.1, 0.15) is 4.90 Å². The van der Waals surface area contributed by atoms with Gasteiger partial charge in [-0.1, -0.05) is 24.3 Å². The minimum absolute atomic E-state index is 0.0444. The Hall–Kier alpha value is -3.13. The number of carbonyl (C=O) groups excluding carboxylic acids is 1. The van der Waals surface area contributed by atoms with Crippen LogP contribution in [0.3, 0.4) is 0 Å². The molecule has 0 radical (unpaired) electrons. The highest BCUT2D eigenvalue weighted by Gasteiger charge is 2.17. The molecular formula is C18H18N4O3S. The van der Waals surface area contributed by atoms with E-state index in [4.69, 9.17) is 0 Å². The molecule has 0 fully saturated rings. The zero-order valence-corrected chi connectivity index (χ0v) is 15.1. The Morgan fingerprint density at radius 2 is 1.85 bits per heavy atom. The highest BCUT2D eigenvalue weighted by atomic mass is 32.2. The normalized spacial score (nSPS) is 11.2. The molecule has 0 saturated heterocycles. The number of carbonyl (C=O) groups is 1. The number of aromatic nitrogens is 2. The quantitative estimate of drug-likeness (QED) is 0.722. The first-order valence-corrected chi connectivity index (χ1v) is 9.34. The predicted molar refractivity (Wildman–Crippen MR) is 99.9 cm³/mol. The average molecular weight is 370 g/mol. The van der Waals surface area contributed by atoms with E-state index in [1.807, 2.05) is 37.3 Å². The van der Waals surface area contributed by atoms with Gasteiger partial charge in [-0.3, -0.25) is 9.52 Å². The van der Waals surface area contributed by atoms with E-state index in [1.54, 1.807) is 18.2 Å². The molecule has 1 amide bonds. The monoisotopic (exact) mass is 370 g/mol. The van der Waals surface area contributed by atoms with Gasteiger partial charge in [0.2, 0.25) is 5.91 Å². The second-order valence-electron chi connectivity index (χ2n) is 5.77. The van der Waals surface area contributed by atoms with Crippen molar-refractivity contribution in [3.63, 3.8) is 0 Å². The lowest BCUT2D eigenvalue weighted by molar-refractivity contribution is -0.114. The van der Waals surface area contributed by atoms with Crippen molar-refractivity contribution in [1.29, 1.82) is 0 Å². The first kappa shape index (κ1) is 17.7. The first-order chi connectivity index (χ1) is 12.3. The summed E-state index contributed by atoms with van der Waals surface area (Å²) in [4.78, 5) is 11.3. The van der Waals surface area contributed by atoms with E-state index in [0.29, 0.717) is 11.4 Å². The Labute approximate surface area is 151 Å². The van der Waals surface area contributed by atoms with Crippen LogP contribution in [-0.4, -0.2) is 24.1 Å². The van der Waals surface area contributed by atoms with Crippen LogP contribution in [-0.2, 0) is 14.8 Å². The molecule has 3 rings (SSSR count). The maximum Gasteiger partial charge on any atom is 0.265 e. The fourth-order valence-electron chi connectivity index (χ4n) is 2.39. The molecule has 0 spiro atoms. The van der Waals surface area contributed by atoms with E-state index < -0.39 is 10.0 Å². The summed E-state index contributed by atoms with van der Waals surface area (Å²) in [5.74, 6) is -0.225. The summed E-state index contributed by atoms with van der Waals surface area (Å²) in [5.41, 5.74) is 2.50. The highest BCUT2D eigenvalue weighted by Crippen LogP contribution is 2.23. The van der Waals surface area contributed by atoms with Gasteiger partial charge in [-0.25, -0.2) is 13.1 Å². The third-order valence-electron chi connectivity index (χ3n) is 3.69. The van der Waals surface area contributed by atoms with Gasteiger partial charge in [-0.15, -0.1) is 0 Å². The Bertz CT molecular complexity index is 1040. The molecule has 2 aromatic carbocycles. The molecule has 134 valence electrons. The fourth-order valence-corrected chi connectivity index (χ4v) is 3.37. The Kier molecular flexibility index (Phi) is 4.77. The minimum atomic E-state index is -3.80. The molecule has 0 saturated carbocycles. The molecule has 3 aromatic rings. The summed E-state index contributed by atoms with van der Waals surface area (Å²) in [5, 5.41) is 6.78. The SMILES string of the molecule is CC(=O)Nc1cc(NS(=O)(=O)c2cnn(-c3ccccc3)c2)ccc1C. The van der Waals surface area contributed by atoms with Crippen molar-refractivity contribution >= 4 is 27.3 Å². The number of hydrogen-bond acceptors (Lipinski definition) is 4. The second kappa shape index (κ2) is 7.01. The maximum absolute atomic E-state index is 12.6. The van der Waals surface area contributed by atoms with E-state index >= 15 is 0 Å². The van der Waals surface area contributed by atoms with Gasteiger partial charge in [0.05, 0.1) is 23.8 Å². The number of para-hydroxylation sites is 1. The number of nitrogens with zero attached hydrogens (tertiary/aromatic N) is 2. The van der Waals surface area contributed by atoms with Crippen LogP contribution in [0.2, 0.25) is 0 Å². The molecule has 1 heterocycles. The molecule has 7 nitrogen and oxygen atoms in total. The van der Waals surface area contributed by atoms with Crippen LogP contribution in [0.1, 0.15) is 12.5 Å². The number of anilines is 2. The van der Waals surface area contributed by atoms with Crippen LogP contribution in [0.15, 0.2) is 65.8 Å². The topological polar surface area (TPSA) is 93.1 Å². The van der Waals surface area contributed by atoms with E-state index in [1.165, 1.54) is 24.0 Å². The number of hydrogen-bond donors (Lipinski definition) is 2. The zero-order valence-electron chi connectivity index (χ0n) is 14.3. The molecule has 0 aliphatic heterocycles. The molecule has 1 aromatic heterocycles. The van der Waals surface area contributed by atoms with Crippen LogP contribution < -0.4 is 10.0 Å². The average Bonchev–Trinajstić information content (AvgIpc) is 3.09. The third-order valence-corrected chi connectivity index (χ3v) is 5.03. The molecule has 0 atom stereocenters. The molecular weight excluding hydrogens is 352 g/mol. The van der Waals surface area contributed by atoms with Crippen LogP contribution in [0.4, 0.5) is 11.4 Å². The molecule has 0 bridgehead atoms. The summed E-state index contributed by atoms with van der Waals surface area (Å²) < 4.78 is 29.2. The smallest absolute Gasteiger partial charge is 0.265 e.